The largest absolute Gasteiger partial charge is 0.463 e. The summed E-state index contributed by atoms with van der Waals surface area (Å²) >= 11 is 6.21. The van der Waals surface area contributed by atoms with Crippen molar-refractivity contribution < 1.29 is 14.3 Å². The fourth-order valence-electron chi connectivity index (χ4n) is 2.17. The van der Waals surface area contributed by atoms with Gasteiger partial charge in [-0.2, -0.15) is 0 Å². The molecule has 0 N–H and O–H groups in total. The first kappa shape index (κ1) is 15.3. The van der Waals surface area contributed by atoms with Gasteiger partial charge in [0.2, 0.25) is 0 Å². The van der Waals surface area contributed by atoms with Crippen molar-refractivity contribution in [3.63, 3.8) is 0 Å². The van der Waals surface area contributed by atoms with Crippen molar-refractivity contribution >= 4 is 17.4 Å². The molecular formula is C16H21ClO3. The van der Waals surface area contributed by atoms with Gasteiger partial charge >= 0.3 is 0 Å². The van der Waals surface area contributed by atoms with Crippen LogP contribution in [0.25, 0.3) is 0 Å². The number of halogens is 1. The maximum atomic E-state index is 12.1. The number of hydrogen-bond acceptors (Lipinski definition) is 3. The monoisotopic (exact) mass is 296 g/mol. The summed E-state index contributed by atoms with van der Waals surface area (Å²) in [5.74, 6) is 0.716. The second-order valence-electron chi connectivity index (χ2n) is 5.23. The van der Waals surface area contributed by atoms with Crippen molar-refractivity contribution in [3.05, 3.63) is 28.8 Å². The summed E-state index contributed by atoms with van der Waals surface area (Å²) in [6.45, 7) is 4.66. The van der Waals surface area contributed by atoms with Crippen LogP contribution >= 0.6 is 11.6 Å². The van der Waals surface area contributed by atoms with Crippen LogP contribution in [0.1, 0.15) is 49.9 Å². The zero-order valence-electron chi connectivity index (χ0n) is 12.0. The Hall–Kier alpha value is -1.06. The maximum absolute atomic E-state index is 12.1. The van der Waals surface area contributed by atoms with Gasteiger partial charge in [-0.05, 0) is 37.5 Å². The van der Waals surface area contributed by atoms with E-state index in [9.17, 15) is 4.79 Å². The van der Waals surface area contributed by atoms with Crippen LogP contribution in [0, 0.1) is 5.92 Å². The SMILES string of the molecule is CC[C@@H](C)C(=O)c1ccc(OC2CCCCO2)c(Cl)c1. The predicted molar refractivity (Wildman–Crippen MR) is 79.5 cm³/mol. The van der Waals surface area contributed by atoms with Crippen LogP contribution < -0.4 is 4.74 Å². The Kier molecular flexibility index (Phi) is 5.44. The molecule has 4 heteroatoms. The Labute approximate surface area is 125 Å². The average molecular weight is 297 g/mol. The first-order valence-corrected chi connectivity index (χ1v) is 7.61. The van der Waals surface area contributed by atoms with E-state index in [1.54, 1.807) is 18.2 Å². The summed E-state index contributed by atoms with van der Waals surface area (Å²) < 4.78 is 11.3. The molecule has 2 rings (SSSR count). The van der Waals surface area contributed by atoms with Crippen molar-refractivity contribution in [2.45, 2.75) is 45.8 Å². The molecule has 0 aromatic heterocycles. The van der Waals surface area contributed by atoms with Crippen molar-refractivity contribution in [1.82, 2.24) is 0 Å². The molecule has 2 atom stereocenters. The number of Topliss-reactive ketones (excluding diaryl/α,β-unsaturated/α-hetero) is 1. The highest BCUT2D eigenvalue weighted by atomic mass is 35.5. The van der Waals surface area contributed by atoms with Gasteiger partial charge in [-0.3, -0.25) is 4.79 Å². The van der Waals surface area contributed by atoms with Crippen LogP contribution in [0.3, 0.4) is 0 Å². The van der Waals surface area contributed by atoms with Gasteiger partial charge in [0.1, 0.15) is 5.75 Å². The lowest BCUT2D eigenvalue weighted by Crippen LogP contribution is -2.25. The molecule has 1 aliphatic rings. The minimum Gasteiger partial charge on any atom is -0.463 e. The Bertz CT molecular complexity index is 467. The van der Waals surface area contributed by atoms with Crippen LogP contribution in [0.4, 0.5) is 0 Å². The summed E-state index contributed by atoms with van der Waals surface area (Å²) in [7, 11) is 0. The van der Waals surface area contributed by atoms with Gasteiger partial charge in [-0.1, -0.05) is 25.4 Å². The topological polar surface area (TPSA) is 35.5 Å². The molecule has 0 aliphatic carbocycles. The van der Waals surface area contributed by atoms with Crippen molar-refractivity contribution in [2.24, 2.45) is 5.92 Å². The molecule has 1 aliphatic heterocycles. The predicted octanol–water partition coefficient (Wildman–Crippen LogP) is 4.47. The van der Waals surface area contributed by atoms with Crippen LogP contribution in [0.2, 0.25) is 5.02 Å². The molecule has 1 saturated heterocycles. The van der Waals surface area contributed by atoms with E-state index in [1.165, 1.54) is 0 Å². The first-order chi connectivity index (χ1) is 9.61. The fraction of sp³-hybridized carbons (Fsp3) is 0.562. The lowest BCUT2D eigenvalue weighted by Gasteiger charge is -2.24. The van der Waals surface area contributed by atoms with Crippen molar-refractivity contribution in [2.75, 3.05) is 6.61 Å². The third-order valence-corrected chi connectivity index (χ3v) is 3.97. The van der Waals surface area contributed by atoms with E-state index in [1.807, 2.05) is 13.8 Å². The molecule has 0 spiro atoms. The van der Waals surface area contributed by atoms with Crippen molar-refractivity contribution in [3.8, 4) is 5.75 Å². The van der Waals surface area contributed by atoms with Crippen LogP contribution in [-0.2, 0) is 4.74 Å². The Balaban J connectivity index is 2.07. The standard InChI is InChI=1S/C16H21ClO3/c1-3-11(2)16(18)12-7-8-14(13(17)10-12)20-15-6-4-5-9-19-15/h7-8,10-11,15H,3-6,9H2,1-2H3/t11-,15?/m1/s1. The van der Waals surface area contributed by atoms with E-state index in [0.717, 1.165) is 32.3 Å². The number of ether oxygens (including phenoxy) is 2. The molecule has 0 radical (unpaired) electrons. The summed E-state index contributed by atoms with van der Waals surface area (Å²) in [6, 6.07) is 5.22. The summed E-state index contributed by atoms with van der Waals surface area (Å²) in [4.78, 5) is 12.1. The molecule has 1 aromatic carbocycles. The Morgan fingerprint density at radius 3 is 2.90 bits per heavy atom. The fourth-order valence-corrected chi connectivity index (χ4v) is 2.39. The summed E-state index contributed by atoms with van der Waals surface area (Å²) in [5, 5.41) is 0.466. The number of carbonyl (C=O) groups is 1. The zero-order chi connectivity index (χ0) is 14.5. The molecular weight excluding hydrogens is 276 g/mol. The number of ketones is 1. The lowest BCUT2D eigenvalue weighted by molar-refractivity contribution is -0.105. The molecule has 3 nitrogen and oxygen atoms in total. The van der Waals surface area contributed by atoms with Crippen LogP contribution in [0.15, 0.2) is 18.2 Å². The molecule has 0 bridgehead atoms. The third-order valence-electron chi connectivity index (χ3n) is 3.67. The van der Waals surface area contributed by atoms with Gasteiger partial charge in [0.15, 0.2) is 12.1 Å². The van der Waals surface area contributed by atoms with Gasteiger partial charge < -0.3 is 9.47 Å². The molecule has 0 saturated carbocycles. The highest BCUT2D eigenvalue weighted by Crippen LogP contribution is 2.29. The minimum atomic E-state index is -0.225. The molecule has 0 amide bonds. The smallest absolute Gasteiger partial charge is 0.199 e. The van der Waals surface area contributed by atoms with Gasteiger partial charge in [-0.15, -0.1) is 0 Å². The van der Waals surface area contributed by atoms with E-state index < -0.39 is 0 Å². The van der Waals surface area contributed by atoms with Crippen molar-refractivity contribution in [1.29, 1.82) is 0 Å². The van der Waals surface area contributed by atoms with E-state index in [-0.39, 0.29) is 18.0 Å². The lowest BCUT2D eigenvalue weighted by atomic mass is 9.97. The van der Waals surface area contributed by atoms with E-state index >= 15 is 0 Å². The van der Waals surface area contributed by atoms with E-state index in [4.69, 9.17) is 21.1 Å². The number of rotatable bonds is 5. The van der Waals surface area contributed by atoms with Crippen LogP contribution in [-0.4, -0.2) is 18.7 Å². The maximum Gasteiger partial charge on any atom is 0.199 e. The number of carbonyl (C=O) groups excluding carboxylic acids is 1. The van der Waals surface area contributed by atoms with Gasteiger partial charge in [-0.25, -0.2) is 0 Å². The second kappa shape index (κ2) is 7.09. The number of benzene rings is 1. The quantitative estimate of drug-likeness (QED) is 0.752. The molecule has 1 heterocycles. The highest BCUT2D eigenvalue weighted by Gasteiger charge is 2.18. The Morgan fingerprint density at radius 2 is 2.30 bits per heavy atom. The van der Waals surface area contributed by atoms with Gasteiger partial charge in [0.05, 0.1) is 11.6 Å². The van der Waals surface area contributed by atoms with Crippen LogP contribution in [0.5, 0.6) is 5.75 Å². The molecule has 1 fully saturated rings. The Morgan fingerprint density at radius 1 is 1.50 bits per heavy atom. The highest BCUT2D eigenvalue weighted by molar-refractivity contribution is 6.32. The van der Waals surface area contributed by atoms with E-state index in [2.05, 4.69) is 0 Å². The third kappa shape index (κ3) is 3.74. The molecule has 110 valence electrons. The zero-order valence-corrected chi connectivity index (χ0v) is 12.8. The normalized spacial score (nSPS) is 20.4. The first-order valence-electron chi connectivity index (χ1n) is 7.23. The van der Waals surface area contributed by atoms with Gasteiger partial charge in [0.25, 0.3) is 0 Å². The molecule has 1 unspecified atom stereocenters. The van der Waals surface area contributed by atoms with E-state index in [0.29, 0.717) is 16.3 Å². The van der Waals surface area contributed by atoms with Gasteiger partial charge in [0, 0.05) is 17.9 Å². The summed E-state index contributed by atoms with van der Waals surface area (Å²) in [6.07, 6.45) is 3.66. The molecule has 1 aromatic rings. The second-order valence-corrected chi connectivity index (χ2v) is 5.64. The number of hydrogen-bond donors (Lipinski definition) is 0. The minimum absolute atomic E-state index is 0.0134. The summed E-state index contributed by atoms with van der Waals surface area (Å²) in [5.41, 5.74) is 0.640. The average Bonchev–Trinajstić information content (AvgIpc) is 2.48. The molecule has 20 heavy (non-hydrogen) atoms.